The second-order valence-corrected chi connectivity index (χ2v) is 15.9. The molecule has 1 saturated heterocycles. The third-order valence-electron chi connectivity index (χ3n) is 5.78. The van der Waals surface area contributed by atoms with Crippen LogP contribution in [-0.2, 0) is 20.8 Å². The highest BCUT2D eigenvalue weighted by atomic mass is 35.5. The Morgan fingerprint density at radius 1 is 1.14 bits per heavy atom. The van der Waals surface area contributed by atoms with Crippen molar-refractivity contribution in [3.05, 3.63) is 23.0 Å². The van der Waals surface area contributed by atoms with Crippen molar-refractivity contribution in [1.29, 1.82) is 0 Å². The van der Waals surface area contributed by atoms with Gasteiger partial charge in [-0.05, 0) is 52.8 Å². The maximum atomic E-state index is 6.57. The van der Waals surface area contributed by atoms with E-state index < -0.39 is 26.4 Å². The molecule has 3 rings (SSSR count). The molecule has 2 aromatic rings. The van der Waals surface area contributed by atoms with Crippen LogP contribution in [0, 0.1) is 6.92 Å². The Bertz CT molecular complexity index is 860. The highest BCUT2D eigenvalue weighted by Gasteiger charge is 2.52. The Labute approximate surface area is 174 Å². The largest absolute Gasteiger partial charge is 0.496 e. The lowest BCUT2D eigenvalue weighted by Gasteiger charge is -2.32. The topological polar surface area (TPSA) is 45.5 Å². The fraction of sp³-hybridized carbons (Fsp3) is 0.650. The van der Waals surface area contributed by atoms with E-state index in [0.29, 0.717) is 11.8 Å². The van der Waals surface area contributed by atoms with Crippen molar-refractivity contribution in [1.82, 2.24) is 9.55 Å². The number of benzene rings is 1. The van der Waals surface area contributed by atoms with E-state index in [1.165, 1.54) is 0 Å². The fourth-order valence-corrected chi connectivity index (χ4v) is 4.13. The van der Waals surface area contributed by atoms with Crippen molar-refractivity contribution >= 4 is 43.3 Å². The van der Waals surface area contributed by atoms with Crippen LogP contribution in [0.5, 0.6) is 0 Å². The molecule has 2 heterocycles. The quantitative estimate of drug-likeness (QED) is 0.504. The van der Waals surface area contributed by atoms with Crippen LogP contribution in [0.3, 0.4) is 0 Å². The number of halogens is 1. The first kappa shape index (κ1) is 21.8. The molecule has 1 aliphatic heterocycles. The van der Waals surface area contributed by atoms with Crippen LogP contribution in [0.4, 0.5) is 0 Å². The Balaban J connectivity index is 1.87. The predicted octanol–water partition coefficient (Wildman–Crippen LogP) is 4.61. The molecule has 1 aliphatic rings. The van der Waals surface area contributed by atoms with Crippen LogP contribution in [0.25, 0.3) is 11.0 Å². The van der Waals surface area contributed by atoms with E-state index in [4.69, 9.17) is 25.6 Å². The summed E-state index contributed by atoms with van der Waals surface area (Å²) in [5.74, 6) is 0.908. The van der Waals surface area contributed by atoms with Crippen molar-refractivity contribution < 1.29 is 14.0 Å². The van der Waals surface area contributed by atoms with Crippen LogP contribution < -0.4 is 5.46 Å². The highest BCUT2D eigenvalue weighted by Crippen LogP contribution is 2.37. The number of ether oxygens (including phenoxy) is 1. The SMILES string of the molecule is Cc1nc2cc(Cl)c(B3OC(C)(C)C(C)(C)O3)cc2n1COCC[Si](C)(C)C. The standard InChI is InChI=1S/C20H32BClN2O3Si/c1-14-23-17-12-16(22)15(21-26-19(2,3)20(4,5)27-21)11-18(17)24(14)13-25-9-10-28(6,7)8/h11-12H,9-10,13H2,1-8H3. The summed E-state index contributed by atoms with van der Waals surface area (Å²) in [6.45, 7) is 18.5. The number of aromatic nitrogens is 2. The Hall–Kier alpha value is -0.858. The van der Waals surface area contributed by atoms with Gasteiger partial charge in [-0.2, -0.15) is 0 Å². The summed E-state index contributed by atoms with van der Waals surface area (Å²) in [5, 5.41) is 0.607. The number of hydrogen-bond acceptors (Lipinski definition) is 4. The van der Waals surface area contributed by atoms with E-state index in [2.05, 4.69) is 29.2 Å². The molecule has 0 amide bonds. The van der Waals surface area contributed by atoms with Crippen molar-refractivity contribution in [2.24, 2.45) is 0 Å². The monoisotopic (exact) mass is 422 g/mol. The first-order valence-electron chi connectivity index (χ1n) is 9.90. The molecule has 0 N–H and O–H groups in total. The van der Waals surface area contributed by atoms with Crippen LogP contribution in [0.2, 0.25) is 30.7 Å². The van der Waals surface area contributed by atoms with Crippen molar-refractivity contribution in [2.45, 2.75) is 78.2 Å². The summed E-state index contributed by atoms with van der Waals surface area (Å²) in [5.41, 5.74) is 1.85. The Kier molecular flexibility index (Phi) is 5.80. The second-order valence-electron chi connectivity index (χ2n) is 9.89. The number of rotatable bonds is 6. The predicted molar refractivity (Wildman–Crippen MR) is 119 cm³/mol. The molecule has 0 aliphatic carbocycles. The number of fused-ring (bicyclic) bond motifs is 1. The zero-order valence-corrected chi connectivity index (χ0v) is 20.1. The van der Waals surface area contributed by atoms with E-state index in [0.717, 1.165) is 35.0 Å². The van der Waals surface area contributed by atoms with Gasteiger partial charge in [0.15, 0.2) is 0 Å². The summed E-state index contributed by atoms with van der Waals surface area (Å²) in [4.78, 5) is 4.65. The summed E-state index contributed by atoms with van der Waals surface area (Å²) in [7, 11) is -1.61. The maximum Gasteiger partial charge on any atom is 0.496 e. The summed E-state index contributed by atoms with van der Waals surface area (Å²) in [6.07, 6.45) is 0. The van der Waals surface area contributed by atoms with Crippen LogP contribution in [-0.4, -0.2) is 42.6 Å². The van der Waals surface area contributed by atoms with Gasteiger partial charge in [0.25, 0.3) is 0 Å². The fourth-order valence-electron chi connectivity index (χ4n) is 3.13. The van der Waals surface area contributed by atoms with Crippen LogP contribution in [0.1, 0.15) is 33.5 Å². The summed E-state index contributed by atoms with van der Waals surface area (Å²) in [6, 6.07) is 5.06. The lowest BCUT2D eigenvalue weighted by atomic mass is 9.79. The molecular formula is C20H32BClN2O3Si. The van der Waals surface area contributed by atoms with Crippen LogP contribution >= 0.6 is 11.6 Å². The molecule has 28 heavy (non-hydrogen) atoms. The smallest absolute Gasteiger partial charge is 0.399 e. The Morgan fingerprint density at radius 2 is 1.75 bits per heavy atom. The molecule has 0 radical (unpaired) electrons. The van der Waals surface area contributed by atoms with E-state index in [9.17, 15) is 0 Å². The molecule has 8 heteroatoms. The van der Waals surface area contributed by atoms with Gasteiger partial charge in [0, 0.05) is 25.2 Å². The van der Waals surface area contributed by atoms with Gasteiger partial charge in [-0.1, -0.05) is 31.2 Å². The van der Waals surface area contributed by atoms with Crippen LogP contribution in [0.15, 0.2) is 12.1 Å². The van der Waals surface area contributed by atoms with Gasteiger partial charge in [-0.15, -0.1) is 0 Å². The summed E-state index contributed by atoms with van der Waals surface area (Å²) >= 11 is 6.57. The van der Waals surface area contributed by atoms with E-state index >= 15 is 0 Å². The maximum absolute atomic E-state index is 6.57. The number of hydrogen-bond donors (Lipinski definition) is 0. The Morgan fingerprint density at radius 3 is 2.32 bits per heavy atom. The van der Waals surface area contributed by atoms with Gasteiger partial charge in [0.05, 0.1) is 22.2 Å². The molecule has 1 aromatic heterocycles. The van der Waals surface area contributed by atoms with Crippen molar-refractivity contribution in [3.8, 4) is 0 Å². The number of aryl methyl sites for hydroxylation is 1. The summed E-state index contributed by atoms with van der Waals surface area (Å²) < 4.78 is 20.5. The van der Waals surface area contributed by atoms with Gasteiger partial charge in [-0.3, -0.25) is 0 Å². The first-order valence-corrected chi connectivity index (χ1v) is 14.0. The van der Waals surface area contributed by atoms with Gasteiger partial charge >= 0.3 is 7.12 Å². The average molecular weight is 423 g/mol. The second kappa shape index (κ2) is 7.44. The minimum absolute atomic E-state index is 0.411. The molecule has 0 spiro atoms. The van der Waals surface area contributed by atoms with Gasteiger partial charge in [-0.25, -0.2) is 4.98 Å². The minimum Gasteiger partial charge on any atom is -0.399 e. The zero-order chi connectivity index (χ0) is 20.9. The minimum atomic E-state index is -1.11. The van der Waals surface area contributed by atoms with Gasteiger partial charge in [0.2, 0.25) is 0 Å². The molecule has 0 atom stereocenters. The molecule has 1 fully saturated rings. The van der Waals surface area contributed by atoms with Crippen molar-refractivity contribution in [3.63, 3.8) is 0 Å². The third-order valence-corrected chi connectivity index (χ3v) is 7.81. The van der Waals surface area contributed by atoms with E-state index in [-0.39, 0.29) is 0 Å². The van der Waals surface area contributed by atoms with E-state index in [1.807, 2.05) is 46.8 Å². The lowest BCUT2D eigenvalue weighted by Crippen LogP contribution is -2.41. The van der Waals surface area contributed by atoms with Gasteiger partial charge in [0.1, 0.15) is 12.6 Å². The molecule has 5 nitrogen and oxygen atoms in total. The number of nitrogens with zero attached hydrogens (tertiary/aromatic N) is 2. The van der Waals surface area contributed by atoms with Gasteiger partial charge < -0.3 is 18.6 Å². The molecule has 0 saturated carbocycles. The molecular weight excluding hydrogens is 391 g/mol. The number of imidazole rings is 1. The average Bonchev–Trinajstić information content (AvgIpc) is 2.94. The molecule has 0 bridgehead atoms. The highest BCUT2D eigenvalue weighted by molar-refractivity contribution is 6.76. The van der Waals surface area contributed by atoms with E-state index in [1.54, 1.807) is 0 Å². The first-order chi connectivity index (χ1) is 12.8. The zero-order valence-electron chi connectivity index (χ0n) is 18.4. The normalized spacial score (nSPS) is 19.0. The van der Waals surface area contributed by atoms with Crippen molar-refractivity contribution in [2.75, 3.05) is 6.61 Å². The lowest BCUT2D eigenvalue weighted by molar-refractivity contribution is 0.00578. The molecule has 1 aromatic carbocycles. The molecule has 0 unspecified atom stereocenters. The third kappa shape index (κ3) is 4.33. The molecule has 154 valence electrons.